The van der Waals surface area contributed by atoms with Crippen LogP contribution in [0.2, 0.25) is 0 Å². The van der Waals surface area contributed by atoms with Crippen LogP contribution in [0, 0.1) is 5.92 Å². The Balaban J connectivity index is 2.06. The highest BCUT2D eigenvalue weighted by Gasteiger charge is 2.31. The fourth-order valence-electron chi connectivity index (χ4n) is 1.92. The van der Waals surface area contributed by atoms with Crippen LogP contribution in [0.4, 0.5) is 5.69 Å². The first kappa shape index (κ1) is 13.4. The fraction of sp³-hybridized carbons (Fsp3) is 0.462. The highest BCUT2D eigenvalue weighted by atomic mass is 32.2. The lowest BCUT2D eigenvalue weighted by atomic mass is 10.0. The summed E-state index contributed by atoms with van der Waals surface area (Å²) in [5, 5.41) is 2.95. The third-order valence-electron chi connectivity index (χ3n) is 2.91. The minimum atomic E-state index is -0.246. The van der Waals surface area contributed by atoms with Gasteiger partial charge in [-0.15, -0.1) is 11.8 Å². The molecule has 0 radical (unpaired) electrons. The first-order valence-electron chi connectivity index (χ1n) is 6.08. The molecule has 1 saturated heterocycles. The van der Waals surface area contributed by atoms with Crippen LogP contribution >= 0.6 is 11.8 Å². The molecule has 0 aliphatic carbocycles. The molecule has 0 spiro atoms. The summed E-state index contributed by atoms with van der Waals surface area (Å²) in [6.45, 7) is 2.96. The summed E-state index contributed by atoms with van der Waals surface area (Å²) >= 11 is 1.71. The van der Waals surface area contributed by atoms with Gasteiger partial charge < -0.3 is 15.8 Å². The first-order valence-corrected chi connectivity index (χ1v) is 7.07. The molecule has 2 atom stereocenters. The van der Waals surface area contributed by atoms with Crippen molar-refractivity contribution in [2.45, 2.75) is 17.9 Å². The van der Waals surface area contributed by atoms with E-state index < -0.39 is 0 Å². The van der Waals surface area contributed by atoms with E-state index in [0.717, 1.165) is 16.3 Å². The SMILES string of the molecule is CCSc1ccccc1NC(=O)C1COCC1N. The van der Waals surface area contributed by atoms with E-state index in [0.29, 0.717) is 13.2 Å². The smallest absolute Gasteiger partial charge is 0.231 e. The average molecular weight is 266 g/mol. The summed E-state index contributed by atoms with van der Waals surface area (Å²) in [5.41, 5.74) is 6.69. The van der Waals surface area contributed by atoms with Gasteiger partial charge in [-0.1, -0.05) is 19.1 Å². The molecule has 2 unspecified atom stereocenters. The maximum Gasteiger partial charge on any atom is 0.231 e. The third-order valence-corrected chi connectivity index (χ3v) is 3.86. The van der Waals surface area contributed by atoms with Gasteiger partial charge in [0.1, 0.15) is 0 Å². The molecule has 1 amide bonds. The second-order valence-corrected chi connectivity index (χ2v) is 5.53. The van der Waals surface area contributed by atoms with E-state index in [4.69, 9.17) is 10.5 Å². The van der Waals surface area contributed by atoms with E-state index in [-0.39, 0.29) is 17.9 Å². The van der Waals surface area contributed by atoms with E-state index in [9.17, 15) is 4.79 Å². The van der Waals surface area contributed by atoms with E-state index in [1.54, 1.807) is 11.8 Å². The molecule has 1 fully saturated rings. The van der Waals surface area contributed by atoms with Crippen molar-refractivity contribution in [3.05, 3.63) is 24.3 Å². The van der Waals surface area contributed by atoms with Gasteiger partial charge in [0.05, 0.1) is 24.8 Å². The summed E-state index contributed by atoms with van der Waals surface area (Å²) in [6, 6.07) is 7.61. The number of ether oxygens (including phenoxy) is 1. The number of anilines is 1. The van der Waals surface area contributed by atoms with Crippen LogP contribution in [0.3, 0.4) is 0 Å². The minimum absolute atomic E-state index is 0.0517. The molecule has 3 N–H and O–H groups in total. The number of benzene rings is 1. The topological polar surface area (TPSA) is 64.3 Å². The van der Waals surface area contributed by atoms with Crippen molar-refractivity contribution < 1.29 is 9.53 Å². The highest BCUT2D eigenvalue weighted by molar-refractivity contribution is 7.99. The lowest BCUT2D eigenvalue weighted by Crippen LogP contribution is -2.37. The molecule has 18 heavy (non-hydrogen) atoms. The molecule has 0 aromatic heterocycles. The van der Waals surface area contributed by atoms with Gasteiger partial charge in [-0.2, -0.15) is 0 Å². The number of nitrogens with one attached hydrogen (secondary N) is 1. The van der Waals surface area contributed by atoms with Crippen LogP contribution in [0.1, 0.15) is 6.92 Å². The summed E-state index contributed by atoms with van der Waals surface area (Å²) in [5.74, 6) is 0.674. The molecule has 1 aliphatic heterocycles. The Morgan fingerprint density at radius 2 is 2.28 bits per heavy atom. The summed E-state index contributed by atoms with van der Waals surface area (Å²) in [6.07, 6.45) is 0. The Kier molecular flexibility index (Phi) is 4.63. The lowest BCUT2D eigenvalue weighted by molar-refractivity contribution is -0.120. The second-order valence-electron chi connectivity index (χ2n) is 4.23. The molecule has 98 valence electrons. The number of rotatable bonds is 4. The molecule has 1 aromatic carbocycles. The minimum Gasteiger partial charge on any atom is -0.379 e. The monoisotopic (exact) mass is 266 g/mol. The van der Waals surface area contributed by atoms with Crippen molar-refractivity contribution in [2.24, 2.45) is 11.7 Å². The summed E-state index contributed by atoms with van der Waals surface area (Å²) in [4.78, 5) is 13.2. The Labute approximate surface area is 111 Å². The van der Waals surface area contributed by atoms with E-state index in [1.165, 1.54) is 0 Å². The van der Waals surface area contributed by atoms with Crippen LogP contribution < -0.4 is 11.1 Å². The molecule has 1 aliphatic rings. The number of nitrogens with two attached hydrogens (primary N) is 1. The van der Waals surface area contributed by atoms with Crippen molar-refractivity contribution >= 4 is 23.4 Å². The molecule has 0 bridgehead atoms. The van der Waals surface area contributed by atoms with E-state index in [1.807, 2.05) is 24.3 Å². The number of carbonyl (C=O) groups excluding carboxylic acids is 1. The maximum atomic E-state index is 12.1. The standard InChI is InChI=1S/C13H18N2O2S/c1-2-18-12-6-4-3-5-11(12)15-13(16)9-7-17-8-10(9)14/h3-6,9-10H,2,7-8,14H2,1H3,(H,15,16). The normalized spacial score (nSPS) is 23.0. The first-order chi connectivity index (χ1) is 8.72. The zero-order chi connectivity index (χ0) is 13.0. The van der Waals surface area contributed by atoms with Crippen molar-refractivity contribution in [3.8, 4) is 0 Å². The second kappa shape index (κ2) is 6.22. The number of amides is 1. The molecule has 0 saturated carbocycles. The van der Waals surface area contributed by atoms with Gasteiger partial charge in [0, 0.05) is 10.9 Å². The summed E-state index contributed by atoms with van der Waals surface area (Å²) < 4.78 is 5.21. The predicted octanol–water partition coefficient (Wildman–Crippen LogP) is 1.71. The Hall–Kier alpha value is -1.04. The molecule has 2 rings (SSSR count). The van der Waals surface area contributed by atoms with Gasteiger partial charge in [0.15, 0.2) is 0 Å². The predicted molar refractivity (Wildman–Crippen MR) is 73.8 cm³/mol. The number of carbonyl (C=O) groups is 1. The maximum absolute atomic E-state index is 12.1. The molecule has 4 nitrogen and oxygen atoms in total. The van der Waals surface area contributed by atoms with Crippen molar-refractivity contribution in [3.63, 3.8) is 0 Å². The lowest BCUT2D eigenvalue weighted by Gasteiger charge is -2.15. The zero-order valence-electron chi connectivity index (χ0n) is 10.4. The third kappa shape index (κ3) is 3.04. The van der Waals surface area contributed by atoms with Crippen LogP contribution in [0.15, 0.2) is 29.2 Å². The van der Waals surface area contributed by atoms with Gasteiger partial charge in [0.2, 0.25) is 5.91 Å². The van der Waals surface area contributed by atoms with Gasteiger partial charge >= 0.3 is 0 Å². The van der Waals surface area contributed by atoms with E-state index in [2.05, 4.69) is 12.2 Å². The number of thioether (sulfide) groups is 1. The van der Waals surface area contributed by atoms with Crippen molar-refractivity contribution in [1.29, 1.82) is 0 Å². The number of para-hydroxylation sites is 1. The van der Waals surface area contributed by atoms with Crippen LogP contribution in [0.5, 0.6) is 0 Å². The molecule has 1 heterocycles. The zero-order valence-corrected chi connectivity index (χ0v) is 11.2. The van der Waals surface area contributed by atoms with E-state index >= 15 is 0 Å². The highest BCUT2D eigenvalue weighted by Crippen LogP contribution is 2.27. The summed E-state index contributed by atoms with van der Waals surface area (Å²) in [7, 11) is 0. The quantitative estimate of drug-likeness (QED) is 0.814. The molecule has 5 heteroatoms. The Morgan fingerprint density at radius 1 is 1.50 bits per heavy atom. The Morgan fingerprint density at radius 3 is 2.94 bits per heavy atom. The number of hydrogen-bond acceptors (Lipinski definition) is 4. The van der Waals surface area contributed by atoms with Gasteiger partial charge in [-0.3, -0.25) is 4.79 Å². The average Bonchev–Trinajstić information content (AvgIpc) is 2.78. The van der Waals surface area contributed by atoms with Crippen molar-refractivity contribution in [1.82, 2.24) is 0 Å². The van der Waals surface area contributed by atoms with Crippen molar-refractivity contribution in [2.75, 3.05) is 24.3 Å². The van der Waals surface area contributed by atoms with Gasteiger partial charge in [-0.05, 0) is 17.9 Å². The molecular formula is C13H18N2O2S. The van der Waals surface area contributed by atoms with Crippen LogP contribution in [-0.2, 0) is 9.53 Å². The molecule has 1 aromatic rings. The largest absolute Gasteiger partial charge is 0.379 e. The van der Waals surface area contributed by atoms with Crippen LogP contribution in [0.25, 0.3) is 0 Å². The molecular weight excluding hydrogens is 248 g/mol. The Bertz CT molecular complexity index is 425. The van der Waals surface area contributed by atoms with Gasteiger partial charge in [-0.25, -0.2) is 0 Å². The van der Waals surface area contributed by atoms with Crippen LogP contribution in [-0.4, -0.2) is 30.9 Å². The van der Waals surface area contributed by atoms with Gasteiger partial charge in [0.25, 0.3) is 0 Å². The fourth-order valence-corrected chi connectivity index (χ4v) is 2.68. The number of hydrogen-bond donors (Lipinski definition) is 2.